The number of nitrogens with one attached hydrogen (secondary N) is 1. The fourth-order valence-electron chi connectivity index (χ4n) is 2.58. The molecule has 2 rings (SSSR count). The lowest BCUT2D eigenvalue weighted by Gasteiger charge is -2.19. The Hall–Kier alpha value is -2.47. The molecule has 2 amide bonds. The zero-order chi connectivity index (χ0) is 19.1. The molecule has 138 valence electrons. The van der Waals surface area contributed by atoms with Crippen LogP contribution in [0.15, 0.2) is 36.4 Å². The third-order valence-corrected chi connectivity index (χ3v) is 5.08. The minimum atomic E-state index is -0.237. The maximum absolute atomic E-state index is 12.4. The van der Waals surface area contributed by atoms with Crippen LogP contribution in [0.1, 0.15) is 51.6 Å². The summed E-state index contributed by atoms with van der Waals surface area (Å²) in [5.74, 6) is -0.322. The van der Waals surface area contributed by atoms with E-state index in [1.54, 1.807) is 35.2 Å². The van der Waals surface area contributed by atoms with E-state index in [1.165, 1.54) is 11.3 Å². The minimum Gasteiger partial charge on any atom is -0.339 e. The van der Waals surface area contributed by atoms with Crippen molar-refractivity contribution in [2.24, 2.45) is 0 Å². The Balaban J connectivity index is 1.93. The zero-order valence-corrected chi connectivity index (χ0v) is 16.2. The summed E-state index contributed by atoms with van der Waals surface area (Å²) in [6.07, 6.45) is 0.286. The van der Waals surface area contributed by atoms with Gasteiger partial charge in [0.25, 0.3) is 5.91 Å². The van der Waals surface area contributed by atoms with Gasteiger partial charge in [0, 0.05) is 42.1 Å². The fraction of sp³-hybridized carbons (Fsp3) is 0.350. The number of Topliss-reactive ketones (excluding diaryl/α,β-unsaturated/α-hetero) is 1. The molecule has 1 N–H and O–H groups in total. The predicted molar refractivity (Wildman–Crippen MR) is 105 cm³/mol. The fourth-order valence-corrected chi connectivity index (χ4v) is 3.42. The van der Waals surface area contributed by atoms with E-state index in [-0.39, 0.29) is 30.4 Å². The summed E-state index contributed by atoms with van der Waals surface area (Å²) in [6.45, 7) is 7.07. The highest BCUT2D eigenvalue weighted by Gasteiger charge is 2.14. The number of aryl methyl sites for hydroxylation is 1. The van der Waals surface area contributed by atoms with Crippen LogP contribution in [0.4, 0.5) is 5.69 Å². The summed E-state index contributed by atoms with van der Waals surface area (Å²) < 4.78 is 0. The molecule has 0 saturated heterocycles. The molecule has 0 aliphatic carbocycles. The van der Waals surface area contributed by atoms with Crippen LogP contribution in [0.3, 0.4) is 0 Å². The topological polar surface area (TPSA) is 66.5 Å². The number of carbonyl (C=O) groups excluding carboxylic acids is 3. The summed E-state index contributed by atoms with van der Waals surface area (Å²) in [5, 5.41) is 2.77. The van der Waals surface area contributed by atoms with Crippen LogP contribution in [-0.2, 0) is 4.79 Å². The van der Waals surface area contributed by atoms with Crippen molar-refractivity contribution < 1.29 is 14.4 Å². The van der Waals surface area contributed by atoms with Gasteiger partial charge >= 0.3 is 0 Å². The summed E-state index contributed by atoms with van der Waals surface area (Å²) in [4.78, 5) is 40.1. The van der Waals surface area contributed by atoms with Gasteiger partial charge in [-0.25, -0.2) is 0 Å². The highest BCUT2D eigenvalue weighted by molar-refractivity contribution is 7.14. The number of thiophene rings is 1. The van der Waals surface area contributed by atoms with Gasteiger partial charge in [-0.05, 0) is 51.1 Å². The SMILES string of the molecule is CCN(CC)C(=O)c1cccc(NC(=O)CCC(=O)c2ccc(C)s2)c1. The number of carbonyl (C=O) groups is 3. The van der Waals surface area contributed by atoms with E-state index in [0.717, 1.165) is 4.88 Å². The molecule has 0 saturated carbocycles. The Morgan fingerprint density at radius 2 is 1.77 bits per heavy atom. The van der Waals surface area contributed by atoms with E-state index >= 15 is 0 Å². The molecule has 0 aliphatic rings. The predicted octanol–water partition coefficient (Wildman–Crippen LogP) is 4.14. The second-order valence-electron chi connectivity index (χ2n) is 5.94. The number of rotatable bonds is 8. The zero-order valence-electron chi connectivity index (χ0n) is 15.4. The van der Waals surface area contributed by atoms with Crippen molar-refractivity contribution in [3.63, 3.8) is 0 Å². The molecule has 5 nitrogen and oxygen atoms in total. The molecule has 26 heavy (non-hydrogen) atoms. The second-order valence-corrected chi connectivity index (χ2v) is 7.23. The van der Waals surface area contributed by atoms with E-state index < -0.39 is 0 Å². The molecule has 0 aliphatic heterocycles. The van der Waals surface area contributed by atoms with Crippen LogP contribution in [0.25, 0.3) is 0 Å². The second kappa shape index (κ2) is 9.29. The molecule has 0 atom stereocenters. The summed E-state index contributed by atoms with van der Waals surface area (Å²) in [5.41, 5.74) is 1.10. The normalized spacial score (nSPS) is 10.4. The molecular formula is C20H24N2O3S. The van der Waals surface area contributed by atoms with E-state index in [9.17, 15) is 14.4 Å². The molecule has 0 fully saturated rings. The average Bonchev–Trinajstić information content (AvgIpc) is 3.07. The standard InChI is InChI=1S/C20H24N2O3S/c1-4-22(5-2)20(25)15-7-6-8-16(13-15)21-19(24)12-10-17(23)18-11-9-14(3)26-18/h6-9,11,13H,4-5,10,12H2,1-3H3,(H,21,24). The van der Waals surface area contributed by atoms with Gasteiger partial charge in [-0.2, -0.15) is 0 Å². The molecule has 0 bridgehead atoms. The van der Waals surface area contributed by atoms with Gasteiger partial charge in [0.2, 0.25) is 5.91 Å². The third kappa shape index (κ3) is 5.26. The first-order chi connectivity index (χ1) is 12.4. The number of ketones is 1. The molecule has 6 heteroatoms. The lowest BCUT2D eigenvalue weighted by atomic mass is 10.1. The molecule has 1 aromatic carbocycles. The molecule has 0 spiro atoms. The molecule has 1 heterocycles. The van der Waals surface area contributed by atoms with Crippen LogP contribution in [-0.4, -0.2) is 35.6 Å². The van der Waals surface area contributed by atoms with Crippen molar-refractivity contribution in [1.82, 2.24) is 4.90 Å². The summed E-state index contributed by atoms with van der Waals surface area (Å²) >= 11 is 1.44. The average molecular weight is 372 g/mol. The van der Waals surface area contributed by atoms with E-state index in [0.29, 0.717) is 29.2 Å². The number of amides is 2. The van der Waals surface area contributed by atoms with Crippen molar-refractivity contribution in [2.75, 3.05) is 18.4 Å². The first-order valence-electron chi connectivity index (χ1n) is 8.73. The largest absolute Gasteiger partial charge is 0.339 e. The first kappa shape index (κ1) is 19.8. The number of hydrogen-bond acceptors (Lipinski definition) is 4. The van der Waals surface area contributed by atoms with Crippen molar-refractivity contribution in [3.8, 4) is 0 Å². The lowest BCUT2D eigenvalue weighted by Crippen LogP contribution is -2.30. The van der Waals surface area contributed by atoms with Crippen LogP contribution in [0.2, 0.25) is 0 Å². The van der Waals surface area contributed by atoms with Crippen molar-refractivity contribution in [2.45, 2.75) is 33.6 Å². The van der Waals surface area contributed by atoms with E-state index in [4.69, 9.17) is 0 Å². The number of nitrogens with zero attached hydrogens (tertiary/aromatic N) is 1. The van der Waals surface area contributed by atoms with Gasteiger partial charge in [-0.3, -0.25) is 14.4 Å². The molecule has 0 unspecified atom stereocenters. The monoisotopic (exact) mass is 372 g/mol. The van der Waals surface area contributed by atoms with Gasteiger partial charge in [0.05, 0.1) is 4.88 Å². The van der Waals surface area contributed by atoms with Gasteiger partial charge < -0.3 is 10.2 Å². The molecule has 1 aromatic heterocycles. The summed E-state index contributed by atoms with van der Waals surface area (Å²) in [7, 11) is 0. The third-order valence-electron chi connectivity index (χ3n) is 4.04. The van der Waals surface area contributed by atoms with Crippen molar-refractivity contribution in [1.29, 1.82) is 0 Å². The van der Waals surface area contributed by atoms with Crippen LogP contribution < -0.4 is 5.32 Å². The number of benzene rings is 1. The van der Waals surface area contributed by atoms with Gasteiger partial charge in [-0.15, -0.1) is 11.3 Å². The smallest absolute Gasteiger partial charge is 0.253 e. The maximum atomic E-state index is 12.4. The molecule has 2 aromatic rings. The van der Waals surface area contributed by atoms with Gasteiger partial charge in [-0.1, -0.05) is 6.07 Å². The van der Waals surface area contributed by atoms with Crippen molar-refractivity contribution >= 4 is 34.6 Å². The lowest BCUT2D eigenvalue weighted by molar-refractivity contribution is -0.116. The highest BCUT2D eigenvalue weighted by Crippen LogP contribution is 2.18. The van der Waals surface area contributed by atoms with Crippen LogP contribution in [0, 0.1) is 6.92 Å². The quantitative estimate of drug-likeness (QED) is 0.708. The number of hydrogen-bond donors (Lipinski definition) is 1. The van der Waals surface area contributed by atoms with E-state index in [1.807, 2.05) is 26.8 Å². The molecule has 0 radical (unpaired) electrons. The molecular weight excluding hydrogens is 348 g/mol. The summed E-state index contributed by atoms with van der Waals surface area (Å²) in [6, 6.07) is 10.6. The van der Waals surface area contributed by atoms with Crippen molar-refractivity contribution in [3.05, 3.63) is 51.7 Å². The minimum absolute atomic E-state index is 0.0243. The number of anilines is 1. The first-order valence-corrected chi connectivity index (χ1v) is 9.55. The van der Waals surface area contributed by atoms with Crippen LogP contribution in [0.5, 0.6) is 0 Å². The maximum Gasteiger partial charge on any atom is 0.253 e. The van der Waals surface area contributed by atoms with E-state index in [2.05, 4.69) is 5.32 Å². The highest BCUT2D eigenvalue weighted by atomic mass is 32.1. The van der Waals surface area contributed by atoms with Gasteiger partial charge in [0.1, 0.15) is 0 Å². The Morgan fingerprint density at radius 1 is 1.04 bits per heavy atom. The Morgan fingerprint density at radius 3 is 2.38 bits per heavy atom. The Bertz CT molecular complexity index is 794. The van der Waals surface area contributed by atoms with Gasteiger partial charge in [0.15, 0.2) is 5.78 Å². The Kier molecular flexibility index (Phi) is 7.09. The van der Waals surface area contributed by atoms with Crippen LogP contribution >= 0.6 is 11.3 Å². The Labute approximate surface area is 158 Å².